The molecule has 0 heterocycles. The fourth-order valence-corrected chi connectivity index (χ4v) is 17.2. The van der Waals surface area contributed by atoms with Gasteiger partial charge in [0, 0.05) is 0 Å². The summed E-state index contributed by atoms with van der Waals surface area (Å²) in [7, 11) is -3.58. The smallest absolute Gasteiger partial charge is 0.149 e. The summed E-state index contributed by atoms with van der Waals surface area (Å²) in [5.74, 6) is 0. The van der Waals surface area contributed by atoms with Gasteiger partial charge in [-0.05, 0) is 158 Å². The van der Waals surface area contributed by atoms with E-state index in [4.69, 9.17) is 0 Å². The number of halogens is 1. The van der Waals surface area contributed by atoms with Gasteiger partial charge < -0.3 is 0 Å². The molecule has 0 N–H and O–H groups in total. The minimum Gasteiger partial charge on any atom is -0.149 e. The summed E-state index contributed by atoms with van der Waals surface area (Å²) in [6.45, 7) is 7.14. The molecule has 0 saturated heterocycles. The maximum atomic E-state index is 9.51. The lowest BCUT2D eigenvalue weighted by Crippen LogP contribution is -2.68. The van der Waals surface area contributed by atoms with Gasteiger partial charge in [0.2, 0.25) is 7.38 Å². The van der Waals surface area contributed by atoms with Crippen molar-refractivity contribution in [1.82, 2.24) is 0 Å². The van der Waals surface area contributed by atoms with Crippen LogP contribution in [0.25, 0.3) is 0 Å². The van der Waals surface area contributed by atoms with Crippen LogP contribution < -0.4 is 15.6 Å². The zero-order chi connectivity index (χ0) is 44.6. The van der Waals surface area contributed by atoms with Gasteiger partial charge in [0.1, 0.15) is 0 Å². The van der Waals surface area contributed by atoms with E-state index in [0.717, 1.165) is 38.5 Å². The molecule has 0 amide bonds. The Morgan fingerprint density at radius 2 is 0.415 bits per heavy atom. The van der Waals surface area contributed by atoms with E-state index < -0.39 is 7.38 Å². The second-order valence-electron chi connectivity index (χ2n) is 17.8. The third-order valence-electron chi connectivity index (χ3n) is 13.4. The first-order chi connectivity index (χ1) is 31.8. The molecule has 320 valence electrons. The zero-order valence-corrected chi connectivity index (χ0v) is 39.7. The van der Waals surface area contributed by atoms with E-state index in [2.05, 4.69) is 239 Å². The first-order valence-corrected chi connectivity index (χ1v) is 26.1. The van der Waals surface area contributed by atoms with Crippen molar-refractivity contribution in [3.05, 3.63) is 302 Å². The van der Waals surface area contributed by atoms with Crippen LogP contribution in [0.3, 0.4) is 0 Å². The summed E-state index contributed by atoms with van der Waals surface area (Å²) in [5, 5.41) is 4.00. The van der Waals surface area contributed by atoms with E-state index in [9.17, 15) is 11.1 Å². The molecule has 0 spiro atoms. The first-order valence-electron chi connectivity index (χ1n) is 23.1. The van der Waals surface area contributed by atoms with Gasteiger partial charge >= 0.3 is 0 Å². The summed E-state index contributed by atoms with van der Waals surface area (Å²) in [6.07, 6.45) is 4.87. The van der Waals surface area contributed by atoms with Crippen LogP contribution in [-0.4, -0.2) is 7.38 Å². The van der Waals surface area contributed by atoms with Crippen LogP contribution in [0.2, 0.25) is 0 Å². The Kier molecular flexibility index (Phi) is 13.5. The molecule has 9 aromatic rings. The number of hydrogen-bond donors (Lipinski definition) is 0. The lowest BCUT2D eigenvalue weighted by Gasteiger charge is -2.38. The highest BCUT2D eigenvalue weighted by Gasteiger charge is 2.47. The van der Waals surface area contributed by atoms with Gasteiger partial charge in [-0.25, -0.2) is 0 Å². The second kappa shape index (κ2) is 20.1. The van der Waals surface area contributed by atoms with Crippen molar-refractivity contribution >= 4 is 34.0 Å². The highest BCUT2D eigenvalue weighted by atomic mass is 35.6. The Hall–Kier alpha value is -6.51. The van der Waals surface area contributed by atoms with E-state index >= 15 is 0 Å². The Bertz CT molecular complexity index is 2650. The molecule has 0 aliphatic heterocycles. The standard InChI is InChI=1S/C63H57ClSi/c1-46-55(40-49-22-10-4-11-23-49)34-37-58(43-52-28-16-7-17-29-52)61(46)65(64,62-47(2)56(41-50-24-12-5-13-25-50)35-38-59(62)44-53-30-18-8-19-31-53)63-48(3)57(42-51-26-14-6-15-27-51)36-39-60(63)45-54-32-20-9-21-33-54/h4-39H,40-45H2,1-3H3. The molecule has 0 unspecified atom stereocenters. The summed E-state index contributed by atoms with van der Waals surface area (Å²) < 4.78 is 0. The van der Waals surface area contributed by atoms with Crippen LogP contribution in [-0.2, 0) is 38.5 Å². The van der Waals surface area contributed by atoms with E-state index in [-0.39, 0.29) is 0 Å². The quantitative estimate of drug-likeness (QED) is 0.0547. The number of rotatable bonds is 15. The largest absolute Gasteiger partial charge is 0.249 e. The van der Waals surface area contributed by atoms with Crippen molar-refractivity contribution in [2.75, 3.05) is 0 Å². The minimum absolute atomic E-state index is 0.789. The number of benzene rings is 9. The molecule has 0 radical (unpaired) electrons. The molecule has 0 bridgehead atoms. The molecule has 9 aromatic carbocycles. The molecule has 9 rings (SSSR count). The van der Waals surface area contributed by atoms with Gasteiger partial charge in [-0.15, -0.1) is 11.1 Å². The van der Waals surface area contributed by atoms with Gasteiger partial charge in [-0.1, -0.05) is 218 Å². The van der Waals surface area contributed by atoms with Crippen LogP contribution in [0, 0.1) is 20.8 Å². The molecule has 0 atom stereocenters. The summed E-state index contributed by atoms with van der Waals surface area (Å²) >= 11 is 9.51. The van der Waals surface area contributed by atoms with Gasteiger partial charge in [-0.3, -0.25) is 0 Å². The lowest BCUT2D eigenvalue weighted by molar-refractivity contribution is 1.12. The SMILES string of the molecule is Cc1c(Cc2ccccc2)ccc(Cc2ccccc2)c1[Si](Cl)(c1c(Cc2ccccc2)ccc(Cc2ccccc2)c1C)c1c(Cc2ccccc2)ccc(Cc2ccccc2)c1C. The van der Waals surface area contributed by atoms with Crippen molar-refractivity contribution in [3.8, 4) is 0 Å². The predicted molar refractivity (Wildman–Crippen MR) is 280 cm³/mol. The highest BCUT2D eigenvalue weighted by Crippen LogP contribution is 2.31. The Morgan fingerprint density at radius 3 is 0.615 bits per heavy atom. The summed E-state index contributed by atoms with van der Waals surface area (Å²) in [5.41, 5.74) is 19.6. The van der Waals surface area contributed by atoms with Crippen molar-refractivity contribution in [1.29, 1.82) is 0 Å². The monoisotopic (exact) mass is 876 g/mol. The topological polar surface area (TPSA) is 0 Å². The molecule has 65 heavy (non-hydrogen) atoms. The van der Waals surface area contributed by atoms with E-state index in [1.54, 1.807) is 0 Å². The van der Waals surface area contributed by atoms with Gasteiger partial charge in [0.05, 0.1) is 0 Å². The van der Waals surface area contributed by atoms with E-state index in [0.29, 0.717) is 0 Å². The van der Waals surface area contributed by atoms with Crippen molar-refractivity contribution in [3.63, 3.8) is 0 Å². The van der Waals surface area contributed by atoms with Crippen LogP contribution in [0.15, 0.2) is 218 Å². The van der Waals surface area contributed by atoms with Gasteiger partial charge in [0.25, 0.3) is 0 Å². The normalized spacial score (nSPS) is 11.4. The predicted octanol–water partition coefficient (Wildman–Crippen LogP) is 13.4. The average Bonchev–Trinajstić information content (AvgIpc) is 3.34. The Morgan fingerprint density at radius 1 is 0.246 bits per heavy atom. The van der Waals surface area contributed by atoms with E-state index in [1.165, 1.54) is 99.0 Å². The fraction of sp³-hybridized carbons (Fsp3) is 0.143. The maximum absolute atomic E-state index is 9.51. The summed E-state index contributed by atoms with van der Waals surface area (Å²) in [6, 6.07) is 80.3. The first kappa shape index (κ1) is 43.7. The number of hydrogen-bond acceptors (Lipinski definition) is 0. The third kappa shape index (κ3) is 9.79. The van der Waals surface area contributed by atoms with Gasteiger partial charge in [-0.2, -0.15) is 0 Å². The molecule has 2 heteroatoms. The second-order valence-corrected chi connectivity index (χ2v) is 22.3. The van der Waals surface area contributed by atoms with Crippen molar-refractivity contribution in [2.45, 2.75) is 59.3 Å². The zero-order valence-electron chi connectivity index (χ0n) is 37.9. The maximum Gasteiger partial charge on any atom is 0.249 e. The average molecular weight is 878 g/mol. The van der Waals surface area contributed by atoms with Crippen LogP contribution in [0.5, 0.6) is 0 Å². The Balaban J connectivity index is 1.41. The van der Waals surface area contributed by atoms with Gasteiger partial charge in [0.15, 0.2) is 0 Å². The highest BCUT2D eigenvalue weighted by molar-refractivity contribution is 7.41. The molecular formula is C63H57ClSi. The molecular weight excluding hydrogens is 820 g/mol. The van der Waals surface area contributed by atoms with E-state index in [1.807, 2.05) is 0 Å². The minimum atomic E-state index is -3.58. The van der Waals surface area contributed by atoms with Crippen LogP contribution in [0.1, 0.15) is 83.5 Å². The molecule has 0 aliphatic rings. The molecule has 0 fully saturated rings. The molecule has 0 saturated carbocycles. The molecule has 0 aromatic heterocycles. The van der Waals surface area contributed by atoms with Crippen LogP contribution in [0.4, 0.5) is 0 Å². The fourth-order valence-electron chi connectivity index (χ4n) is 10.2. The van der Waals surface area contributed by atoms with Crippen molar-refractivity contribution in [2.24, 2.45) is 0 Å². The third-order valence-corrected chi connectivity index (χ3v) is 19.3. The lowest BCUT2D eigenvalue weighted by atomic mass is 9.95. The summed E-state index contributed by atoms with van der Waals surface area (Å²) in [4.78, 5) is 0. The van der Waals surface area contributed by atoms with Crippen molar-refractivity contribution < 1.29 is 0 Å². The van der Waals surface area contributed by atoms with Crippen LogP contribution >= 0.6 is 11.1 Å². The Labute approximate surface area is 393 Å². The molecule has 0 aliphatic carbocycles. The molecule has 0 nitrogen and oxygen atoms in total.